The predicted molar refractivity (Wildman–Crippen MR) is 85.9 cm³/mol. The molecular weight excluding hydrogens is 256 g/mol. The fourth-order valence-electron chi connectivity index (χ4n) is 1.81. The number of anilines is 1. The molecule has 3 N–H and O–H groups in total. The summed E-state index contributed by atoms with van der Waals surface area (Å²) in [5.41, 5.74) is 8.80. The third-order valence-corrected chi connectivity index (χ3v) is 3.15. The van der Waals surface area contributed by atoms with E-state index in [4.69, 9.17) is 22.7 Å². The molecule has 106 valence electrons. The second-order valence-electron chi connectivity index (χ2n) is 4.64. The summed E-state index contributed by atoms with van der Waals surface area (Å²) in [5, 5.41) is 3.38. The van der Waals surface area contributed by atoms with Crippen molar-refractivity contribution in [2.45, 2.75) is 33.1 Å². The number of benzene rings is 1. The Morgan fingerprint density at radius 2 is 2.05 bits per heavy atom. The van der Waals surface area contributed by atoms with E-state index in [9.17, 15) is 0 Å². The van der Waals surface area contributed by atoms with Crippen LogP contribution in [0.3, 0.4) is 0 Å². The minimum atomic E-state index is 0.452. The molecule has 1 aromatic rings. The third kappa shape index (κ3) is 6.03. The van der Waals surface area contributed by atoms with Crippen LogP contribution in [0.25, 0.3) is 0 Å². The smallest absolute Gasteiger partial charge is 0.104 e. The van der Waals surface area contributed by atoms with E-state index in [0.29, 0.717) is 4.99 Å². The van der Waals surface area contributed by atoms with Crippen molar-refractivity contribution in [3.63, 3.8) is 0 Å². The Bertz CT molecular complexity index is 407. The third-order valence-electron chi connectivity index (χ3n) is 2.93. The van der Waals surface area contributed by atoms with Crippen LogP contribution < -0.4 is 11.1 Å². The summed E-state index contributed by atoms with van der Waals surface area (Å²) in [5.74, 6) is 0. The summed E-state index contributed by atoms with van der Waals surface area (Å²) in [6.45, 7) is 6.80. The lowest BCUT2D eigenvalue weighted by molar-refractivity contribution is 0.131. The first-order valence-electron chi connectivity index (χ1n) is 6.87. The highest BCUT2D eigenvalue weighted by molar-refractivity contribution is 7.80. The van der Waals surface area contributed by atoms with Gasteiger partial charge < -0.3 is 15.8 Å². The number of aryl methyl sites for hydroxylation is 1. The highest BCUT2D eigenvalue weighted by Gasteiger charge is 2.02. The second-order valence-corrected chi connectivity index (χ2v) is 5.08. The van der Waals surface area contributed by atoms with Gasteiger partial charge in [0.25, 0.3) is 0 Å². The van der Waals surface area contributed by atoms with Gasteiger partial charge in [0.15, 0.2) is 0 Å². The van der Waals surface area contributed by atoms with Crippen molar-refractivity contribution in [3.05, 3.63) is 29.3 Å². The summed E-state index contributed by atoms with van der Waals surface area (Å²) in [4.78, 5) is 0.452. The lowest BCUT2D eigenvalue weighted by Crippen LogP contribution is -2.12. The molecule has 19 heavy (non-hydrogen) atoms. The van der Waals surface area contributed by atoms with Crippen LogP contribution in [-0.4, -0.2) is 24.7 Å². The molecule has 1 aromatic carbocycles. The average Bonchev–Trinajstić information content (AvgIpc) is 2.37. The summed E-state index contributed by atoms with van der Waals surface area (Å²) < 4.78 is 5.51. The Morgan fingerprint density at radius 3 is 2.68 bits per heavy atom. The molecule has 0 aliphatic rings. The van der Waals surface area contributed by atoms with Gasteiger partial charge in [0.05, 0.1) is 0 Å². The van der Waals surface area contributed by atoms with E-state index in [1.54, 1.807) is 0 Å². The molecule has 0 aromatic heterocycles. The zero-order valence-electron chi connectivity index (χ0n) is 11.9. The fourth-order valence-corrected chi connectivity index (χ4v) is 2.03. The largest absolute Gasteiger partial charge is 0.389 e. The monoisotopic (exact) mass is 280 g/mol. The van der Waals surface area contributed by atoms with Gasteiger partial charge >= 0.3 is 0 Å². The maximum absolute atomic E-state index is 5.64. The average molecular weight is 280 g/mol. The van der Waals surface area contributed by atoms with Gasteiger partial charge in [-0.1, -0.05) is 25.6 Å². The molecule has 1 rings (SSSR count). The molecule has 0 amide bonds. The molecule has 0 heterocycles. The lowest BCUT2D eigenvalue weighted by Gasteiger charge is -2.10. The van der Waals surface area contributed by atoms with Gasteiger partial charge in [-0.05, 0) is 43.5 Å². The van der Waals surface area contributed by atoms with Crippen molar-refractivity contribution in [1.29, 1.82) is 0 Å². The molecule has 0 aliphatic heterocycles. The molecule has 4 heteroatoms. The Morgan fingerprint density at radius 1 is 1.32 bits per heavy atom. The highest BCUT2D eigenvalue weighted by atomic mass is 32.1. The van der Waals surface area contributed by atoms with Gasteiger partial charge in [-0.15, -0.1) is 0 Å². The minimum absolute atomic E-state index is 0.452. The van der Waals surface area contributed by atoms with E-state index in [1.165, 1.54) is 6.42 Å². The van der Waals surface area contributed by atoms with Crippen LogP contribution in [0.2, 0.25) is 0 Å². The van der Waals surface area contributed by atoms with Crippen molar-refractivity contribution in [3.8, 4) is 0 Å². The molecule has 0 unspecified atom stereocenters. The molecule has 0 spiro atoms. The zero-order valence-corrected chi connectivity index (χ0v) is 12.7. The van der Waals surface area contributed by atoms with Crippen molar-refractivity contribution in [2.24, 2.45) is 5.73 Å². The van der Waals surface area contributed by atoms with Gasteiger partial charge in [0.1, 0.15) is 4.99 Å². The Labute approximate surface area is 121 Å². The van der Waals surface area contributed by atoms with E-state index < -0.39 is 0 Å². The van der Waals surface area contributed by atoms with Gasteiger partial charge in [-0.3, -0.25) is 0 Å². The second kappa shape index (κ2) is 8.88. The first kappa shape index (κ1) is 15.9. The van der Waals surface area contributed by atoms with Gasteiger partial charge in [0, 0.05) is 31.0 Å². The summed E-state index contributed by atoms with van der Waals surface area (Å²) in [6.07, 6.45) is 3.35. The van der Waals surface area contributed by atoms with Crippen LogP contribution in [0.5, 0.6) is 0 Å². The number of hydrogen-bond acceptors (Lipinski definition) is 3. The quantitative estimate of drug-likeness (QED) is 0.538. The van der Waals surface area contributed by atoms with E-state index in [-0.39, 0.29) is 0 Å². The van der Waals surface area contributed by atoms with Crippen molar-refractivity contribution < 1.29 is 4.74 Å². The van der Waals surface area contributed by atoms with E-state index >= 15 is 0 Å². The molecule has 0 aliphatic carbocycles. The van der Waals surface area contributed by atoms with Crippen LogP contribution in [0.4, 0.5) is 5.69 Å². The highest BCUT2D eigenvalue weighted by Crippen LogP contribution is 2.15. The van der Waals surface area contributed by atoms with Crippen LogP contribution in [0.1, 0.15) is 37.3 Å². The topological polar surface area (TPSA) is 47.3 Å². The number of nitrogens with one attached hydrogen (secondary N) is 1. The van der Waals surface area contributed by atoms with Gasteiger partial charge in [-0.2, -0.15) is 0 Å². The number of thiocarbonyl (C=S) groups is 1. The van der Waals surface area contributed by atoms with Crippen LogP contribution >= 0.6 is 12.2 Å². The lowest BCUT2D eigenvalue weighted by atomic mass is 10.1. The first-order valence-corrected chi connectivity index (χ1v) is 7.28. The normalized spacial score (nSPS) is 10.4. The van der Waals surface area contributed by atoms with E-state index in [2.05, 4.69) is 18.3 Å². The van der Waals surface area contributed by atoms with Crippen LogP contribution in [0.15, 0.2) is 18.2 Å². The molecule has 0 atom stereocenters. The van der Waals surface area contributed by atoms with Crippen molar-refractivity contribution in [2.75, 3.05) is 25.1 Å². The first-order chi connectivity index (χ1) is 9.15. The molecule has 0 saturated heterocycles. The Kier molecular flexibility index (Phi) is 7.45. The minimum Gasteiger partial charge on any atom is -0.389 e. The fraction of sp³-hybridized carbons (Fsp3) is 0.533. The molecule has 3 nitrogen and oxygen atoms in total. The maximum Gasteiger partial charge on any atom is 0.104 e. The van der Waals surface area contributed by atoms with Crippen molar-refractivity contribution in [1.82, 2.24) is 0 Å². The molecule has 0 radical (unpaired) electrons. The SMILES string of the molecule is CCCCOCCCNc1ccc(C(N)=S)c(C)c1. The Balaban J connectivity index is 2.26. The summed E-state index contributed by atoms with van der Waals surface area (Å²) >= 11 is 4.99. The number of nitrogens with two attached hydrogens (primary N) is 1. The standard InChI is InChI=1S/C15H24N2OS/c1-3-4-9-18-10-5-8-17-13-6-7-14(15(16)19)12(2)11-13/h6-7,11,17H,3-5,8-10H2,1-2H3,(H2,16,19). The summed E-state index contributed by atoms with van der Waals surface area (Å²) in [7, 11) is 0. The maximum atomic E-state index is 5.64. The molecule has 0 saturated carbocycles. The van der Waals surface area contributed by atoms with Crippen LogP contribution in [-0.2, 0) is 4.74 Å². The van der Waals surface area contributed by atoms with Gasteiger partial charge in [-0.25, -0.2) is 0 Å². The Hall–Kier alpha value is -1.13. The zero-order chi connectivity index (χ0) is 14.1. The number of hydrogen-bond donors (Lipinski definition) is 2. The number of rotatable bonds is 9. The van der Waals surface area contributed by atoms with Gasteiger partial charge in [0.2, 0.25) is 0 Å². The number of ether oxygens (including phenoxy) is 1. The predicted octanol–water partition coefficient (Wildman–Crippen LogP) is 3.25. The summed E-state index contributed by atoms with van der Waals surface area (Å²) in [6, 6.07) is 6.06. The van der Waals surface area contributed by atoms with E-state index in [1.807, 2.05) is 19.1 Å². The molecule has 0 fully saturated rings. The van der Waals surface area contributed by atoms with E-state index in [0.717, 1.165) is 49.4 Å². The number of unbranched alkanes of at least 4 members (excludes halogenated alkanes) is 1. The molecule has 0 bridgehead atoms. The van der Waals surface area contributed by atoms with Crippen molar-refractivity contribution >= 4 is 22.9 Å². The van der Waals surface area contributed by atoms with Crippen LogP contribution in [0, 0.1) is 6.92 Å². The molecular formula is C15H24N2OS.